The SMILES string of the molecule is CC(C)(C)Nc1nc(N)c(C(=O)Nc2ccc(F)cc2)s1. The van der Waals surface area contributed by atoms with Gasteiger partial charge in [-0.25, -0.2) is 9.37 Å². The number of hydrogen-bond acceptors (Lipinski definition) is 5. The number of carbonyl (C=O) groups is 1. The number of anilines is 3. The van der Waals surface area contributed by atoms with Gasteiger partial charge in [-0.1, -0.05) is 11.3 Å². The van der Waals surface area contributed by atoms with Crippen LogP contribution in [0.1, 0.15) is 30.4 Å². The zero-order valence-electron chi connectivity index (χ0n) is 12.0. The van der Waals surface area contributed by atoms with E-state index >= 15 is 0 Å². The number of nitrogens with one attached hydrogen (secondary N) is 2. The largest absolute Gasteiger partial charge is 0.382 e. The Morgan fingerprint density at radius 2 is 1.90 bits per heavy atom. The topological polar surface area (TPSA) is 80.0 Å². The minimum atomic E-state index is -0.362. The molecule has 1 heterocycles. The van der Waals surface area contributed by atoms with Crippen molar-refractivity contribution in [3.63, 3.8) is 0 Å². The third-order valence-electron chi connectivity index (χ3n) is 2.44. The molecule has 0 atom stereocenters. The quantitative estimate of drug-likeness (QED) is 0.812. The number of aromatic nitrogens is 1. The Morgan fingerprint density at radius 3 is 2.48 bits per heavy atom. The van der Waals surface area contributed by atoms with Crippen LogP contribution < -0.4 is 16.4 Å². The monoisotopic (exact) mass is 308 g/mol. The van der Waals surface area contributed by atoms with Crippen LogP contribution in [0.4, 0.5) is 21.0 Å². The van der Waals surface area contributed by atoms with Crippen LogP contribution in [-0.2, 0) is 0 Å². The molecule has 0 aliphatic heterocycles. The van der Waals surface area contributed by atoms with Gasteiger partial charge >= 0.3 is 0 Å². The lowest BCUT2D eigenvalue weighted by atomic mass is 10.1. The van der Waals surface area contributed by atoms with Crippen LogP contribution >= 0.6 is 11.3 Å². The van der Waals surface area contributed by atoms with E-state index < -0.39 is 0 Å². The fourth-order valence-electron chi connectivity index (χ4n) is 1.59. The molecule has 0 radical (unpaired) electrons. The number of benzene rings is 1. The van der Waals surface area contributed by atoms with Gasteiger partial charge in [0.2, 0.25) is 0 Å². The summed E-state index contributed by atoms with van der Waals surface area (Å²) < 4.78 is 12.8. The zero-order valence-corrected chi connectivity index (χ0v) is 12.8. The van der Waals surface area contributed by atoms with E-state index in [0.717, 1.165) is 0 Å². The summed E-state index contributed by atoms with van der Waals surface area (Å²) in [5.74, 6) is -0.549. The van der Waals surface area contributed by atoms with E-state index in [-0.39, 0.29) is 23.1 Å². The van der Waals surface area contributed by atoms with Crippen LogP contribution in [0.2, 0.25) is 0 Å². The first-order valence-corrected chi connectivity index (χ1v) is 7.18. The number of carbonyl (C=O) groups excluding carboxylic acids is 1. The summed E-state index contributed by atoms with van der Waals surface area (Å²) in [6.45, 7) is 5.97. The van der Waals surface area contributed by atoms with E-state index in [4.69, 9.17) is 5.73 Å². The number of thiazole rings is 1. The minimum Gasteiger partial charge on any atom is -0.382 e. The number of hydrogen-bond donors (Lipinski definition) is 3. The number of nitrogens with zero attached hydrogens (tertiary/aromatic N) is 1. The predicted octanol–water partition coefficient (Wildman–Crippen LogP) is 3.33. The Kier molecular flexibility index (Phi) is 4.13. The summed E-state index contributed by atoms with van der Waals surface area (Å²) in [6.07, 6.45) is 0. The molecule has 1 aromatic carbocycles. The molecule has 1 aromatic heterocycles. The van der Waals surface area contributed by atoms with E-state index in [1.165, 1.54) is 35.6 Å². The van der Waals surface area contributed by atoms with Crippen LogP contribution in [0.15, 0.2) is 24.3 Å². The second-order valence-electron chi connectivity index (χ2n) is 5.57. The molecule has 0 saturated heterocycles. The third-order valence-corrected chi connectivity index (χ3v) is 3.43. The van der Waals surface area contributed by atoms with Gasteiger partial charge in [-0.2, -0.15) is 0 Å². The Balaban J connectivity index is 2.14. The van der Waals surface area contributed by atoms with E-state index in [2.05, 4.69) is 15.6 Å². The van der Waals surface area contributed by atoms with Gasteiger partial charge < -0.3 is 16.4 Å². The zero-order chi connectivity index (χ0) is 15.6. The average Bonchev–Trinajstić information content (AvgIpc) is 2.70. The average molecular weight is 308 g/mol. The fourth-order valence-corrected chi connectivity index (χ4v) is 2.58. The second-order valence-corrected chi connectivity index (χ2v) is 6.57. The Labute approximate surface area is 126 Å². The molecule has 5 nitrogen and oxygen atoms in total. The second kappa shape index (κ2) is 5.69. The summed E-state index contributed by atoms with van der Waals surface area (Å²) in [6, 6.07) is 5.52. The van der Waals surface area contributed by atoms with Crippen LogP contribution in [0.25, 0.3) is 0 Å². The third kappa shape index (κ3) is 4.16. The number of nitrogen functional groups attached to an aromatic ring is 1. The molecule has 0 spiro atoms. The van der Waals surface area contributed by atoms with Crippen LogP contribution in [0.5, 0.6) is 0 Å². The first kappa shape index (κ1) is 15.2. The van der Waals surface area contributed by atoms with Gasteiger partial charge in [0.05, 0.1) is 0 Å². The summed E-state index contributed by atoms with van der Waals surface area (Å²) in [7, 11) is 0. The number of amides is 1. The maximum Gasteiger partial charge on any atom is 0.269 e. The summed E-state index contributed by atoms with van der Waals surface area (Å²) in [4.78, 5) is 16.6. The van der Waals surface area contributed by atoms with Crippen molar-refractivity contribution in [3.8, 4) is 0 Å². The minimum absolute atomic E-state index is 0.172. The molecule has 0 bridgehead atoms. The van der Waals surface area contributed by atoms with E-state index in [0.29, 0.717) is 15.7 Å². The fraction of sp³-hybridized carbons (Fsp3) is 0.286. The molecule has 1 amide bonds. The van der Waals surface area contributed by atoms with E-state index in [1.807, 2.05) is 20.8 Å². The predicted molar refractivity (Wildman–Crippen MR) is 84.3 cm³/mol. The molecule has 0 unspecified atom stereocenters. The molecule has 4 N–H and O–H groups in total. The van der Waals surface area contributed by atoms with Gasteiger partial charge in [-0.3, -0.25) is 4.79 Å². The molecule has 0 aliphatic carbocycles. The van der Waals surface area contributed by atoms with Crippen molar-refractivity contribution in [2.45, 2.75) is 26.3 Å². The Bertz CT molecular complexity index is 646. The van der Waals surface area contributed by atoms with Crippen molar-refractivity contribution < 1.29 is 9.18 Å². The summed E-state index contributed by atoms with van der Waals surface area (Å²) >= 11 is 1.18. The highest BCUT2D eigenvalue weighted by atomic mass is 32.1. The van der Waals surface area contributed by atoms with Crippen molar-refractivity contribution in [3.05, 3.63) is 35.0 Å². The maximum absolute atomic E-state index is 12.8. The molecule has 112 valence electrons. The Hall–Kier alpha value is -2.15. The molecule has 0 fully saturated rings. The Morgan fingerprint density at radius 1 is 1.29 bits per heavy atom. The molecular formula is C14H17FN4OS. The summed E-state index contributed by atoms with van der Waals surface area (Å²) in [5.41, 5.74) is 6.11. The first-order valence-electron chi connectivity index (χ1n) is 6.36. The molecular weight excluding hydrogens is 291 g/mol. The normalized spacial score (nSPS) is 11.2. The molecule has 2 rings (SSSR count). The molecule has 21 heavy (non-hydrogen) atoms. The van der Waals surface area contributed by atoms with Crippen molar-refractivity contribution >= 4 is 33.9 Å². The highest BCUT2D eigenvalue weighted by molar-refractivity contribution is 7.18. The van der Waals surface area contributed by atoms with Crippen LogP contribution in [0.3, 0.4) is 0 Å². The van der Waals surface area contributed by atoms with Crippen LogP contribution in [-0.4, -0.2) is 16.4 Å². The van der Waals surface area contributed by atoms with Gasteiger partial charge in [-0.05, 0) is 45.0 Å². The smallest absolute Gasteiger partial charge is 0.269 e. The van der Waals surface area contributed by atoms with Crippen molar-refractivity contribution in [2.75, 3.05) is 16.4 Å². The molecule has 7 heteroatoms. The number of halogens is 1. The van der Waals surface area contributed by atoms with Crippen LogP contribution in [0, 0.1) is 5.82 Å². The van der Waals surface area contributed by atoms with Gasteiger partial charge in [-0.15, -0.1) is 0 Å². The molecule has 0 saturated carbocycles. The van der Waals surface area contributed by atoms with E-state index in [9.17, 15) is 9.18 Å². The van der Waals surface area contributed by atoms with Crippen molar-refractivity contribution in [2.24, 2.45) is 0 Å². The van der Waals surface area contributed by atoms with Crippen molar-refractivity contribution in [1.82, 2.24) is 4.98 Å². The van der Waals surface area contributed by atoms with Gasteiger partial charge in [0.15, 0.2) is 5.13 Å². The lowest BCUT2D eigenvalue weighted by molar-refractivity contribution is 0.103. The lowest BCUT2D eigenvalue weighted by Crippen LogP contribution is -2.25. The number of nitrogens with two attached hydrogens (primary N) is 1. The molecule has 0 aliphatic rings. The maximum atomic E-state index is 12.8. The van der Waals surface area contributed by atoms with Gasteiger partial charge in [0.1, 0.15) is 16.5 Å². The lowest BCUT2D eigenvalue weighted by Gasteiger charge is -2.19. The molecule has 2 aromatic rings. The van der Waals surface area contributed by atoms with Gasteiger partial charge in [0, 0.05) is 11.2 Å². The first-order chi connectivity index (χ1) is 9.74. The van der Waals surface area contributed by atoms with Crippen molar-refractivity contribution in [1.29, 1.82) is 0 Å². The highest BCUT2D eigenvalue weighted by Crippen LogP contribution is 2.28. The standard InChI is InChI=1S/C14H17FN4OS/c1-14(2,3)19-13-18-11(16)10(21-13)12(20)17-9-6-4-8(15)5-7-9/h4-7H,16H2,1-3H3,(H,17,20)(H,18,19). The number of rotatable bonds is 3. The van der Waals surface area contributed by atoms with Gasteiger partial charge in [0.25, 0.3) is 5.91 Å². The van der Waals surface area contributed by atoms with E-state index in [1.54, 1.807) is 0 Å². The highest BCUT2D eigenvalue weighted by Gasteiger charge is 2.19. The summed E-state index contributed by atoms with van der Waals surface area (Å²) in [5, 5.41) is 6.41.